The number of carbonyl (C=O) groups excluding carboxylic acids is 2. The Hall–Kier alpha value is -2.68. The van der Waals surface area contributed by atoms with Gasteiger partial charge in [0.25, 0.3) is 0 Å². The molecule has 1 heterocycles. The second-order valence-electron chi connectivity index (χ2n) is 5.61. The minimum atomic E-state index is -0.0838. The Morgan fingerprint density at radius 3 is 2.62 bits per heavy atom. The summed E-state index contributed by atoms with van der Waals surface area (Å²) < 4.78 is 0. The third-order valence-electron chi connectivity index (χ3n) is 4.18. The van der Waals surface area contributed by atoms with E-state index in [0.29, 0.717) is 6.54 Å². The summed E-state index contributed by atoms with van der Waals surface area (Å²) in [6, 6.07) is 8.11. The molecule has 1 aromatic rings. The quantitative estimate of drug-likeness (QED) is 0.727. The number of allylic oxidation sites excluding steroid dienone is 5. The molecular formula is C21H23NO2. The minimum Gasteiger partial charge on any atom is -0.307 e. The van der Waals surface area contributed by atoms with Crippen molar-refractivity contribution in [1.82, 2.24) is 4.90 Å². The first-order chi connectivity index (χ1) is 11.7. The predicted molar refractivity (Wildman–Crippen MR) is 98.0 cm³/mol. The van der Waals surface area contributed by atoms with Crippen molar-refractivity contribution < 1.29 is 9.59 Å². The van der Waals surface area contributed by atoms with Crippen molar-refractivity contribution >= 4 is 17.8 Å². The maximum atomic E-state index is 12.6. The zero-order valence-electron chi connectivity index (χ0n) is 14.1. The number of hydrogen-bond donors (Lipinski definition) is 0. The molecule has 1 amide bonds. The number of benzene rings is 1. The van der Waals surface area contributed by atoms with E-state index in [9.17, 15) is 9.59 Å². The summed E-state index contributed by atoms with van der Waals surface area (Å²) in [5.74, 6) is -0.0838. The lowest BCUT2D eigenvalue weighted by molar-refractivity contribution is -0.130. The van der Waals surface area contributed by atoms with Crippen molar-refractivity contribution in [3.8, 4) is 0 Å². The third kappa shape index (κ3) is 3.62. The average Bonchev–Trinajstić information content (AvgIpc) is 2.60. The van der Waals surface area contributed by atoms with Crippen molar-refractivity contribution in [1.29, 1.82) is 0 Å². The van der Waals surface area contributed by atoms with E-state index in [1.165, 1.54) is 5.57 Å². The van der Waals surface area contributed by atoms with Gasteiger partial charge in [0, 0.05) is 12.8 Å². The maximum absolute atomic E-state index is 12.6. The fourth-order valence-electron chi connectivity index (χ4n) is 2.95. The van der Waals surface area contributed by atoms with E-state index in [4.69, 9.17) is 0 Å². The van der Waals surface area contributed by atoms with Crippen LogP contribution in [0.1, 0.15) is 37.3 Å². The lowest BCUT2D eigenvalue weighted by Crippen LogP contribution is -2.31. The number of hydrogen-bond acceptors (Lipinski definition) is 2. The predicted octanol–water partition coefficient (Wildman–Crippen LogP) is 4.43. The highest BCUT2D eigenvalue weighted by atomic mass is 16.2. The molecule has 0 aliphatic carbocycles. The van der Waals surface area contributed by atoms with Crippen molar-refractivity contribution in [2.24, 2.45) is 0 Å². The smallest absolute Gasteiger partial charge is 0.227 e. The molecule has 0 radical (unpaired) electrons. The minimum absolute atomic E-state index is 0.0838. The first kappa shape index (κ1) is 17.7. The van der Waals surface area contributed by atoms with Gasteiger partial charge in [-0.15, -0.1) is 0 Å². The first-order valence-corrected chi connectivity index (χ1v) is 8.18. The van der Waals surface area contributed by atoms with Crippen molar-refractivity contribution in [2.45, 2.75) is 32.7 Å². The standard InChI is InChI=1S/C21H23NO2/c1-4-16-14-17(5-2)20(6-3)22(21(24)12-9-13-23)15-18-10-7-8-11-19(16)18/h5-8,10-11,13-14H,2-4,9,12,15H2,1H3. The second kappa shape index (κ2) is 8.25. The zero-order chi connectivity index (χ0) is 17.5. The largest absolute Gasteiger partial charge is 0.307 e. The lowest BCUT2D eigenvalue weighted by atomic mass is 9.93. The summed E-state index contributed by atoms with van der Waals surface area (Å²) in [7, 11) is 0. The summed E-state index contributed by atoms with van der Waals surface area (Å²) >= 11 is 0. The molecule has 2 rings (SSSR count). The van der Waals surface area contributed by atoms with E-state index in [0.717, 1.165) is 35.1 Å². The van der Waals surface area contributed by atoms with Crippen LogP contribution in [0.4, 0.5) is 0 Å². The van der Waals surface area contributed by atoms with E-state index in [-0.39, 0.29) is 18.7 Å². The van der Waals surface area contributed by atoms with Gasteiger partial charge in [-0.05, 0) is 40.8 Å². The van der Waals surface area contributed by atoms with Crippen LogP contribution in [0, 0.1) is 0 Å². The molecule has 0 aromatic heterocycles. The monoisotopic (exact) mass is 321 g/mol. The maximum Gasteiger partial charge on any atom is 0.227 e. The summed E-state index contributed by atoms with van der Waals surface area (Å²) in [6.07, 6.45) is 7.59. The molecule has 3 nitrogen and oxygen atoms in total. The van der Waals surface area contributed by atoms with Crippen LogP contribution in [0.5, 0.6) is 0 Å². The Balaban J connectivity index is 2.63. The molecule has 24 heavy (non-hydrogen) atoms. The van der Waals surface area contributed by atoms with Crippen LogP contribution in [0.15, 0.2) is 66.9 Å². The van der Waals surface area contributed by atoms with Crippen molar-refractivity contribution in [2.75, 3.05) is 0 Å². The molecule has 0 unspecified atom stereocenters. The van der Waals surface area contributed by atoms with Crippen LogP contribution in [0.25, 0.3) is 5.57 Å². The van der Waals surface area contributed by atoms with Gasteiger partial charge in [0.2, 0.25) is 5.91 Å². The molecule has 0 atom stereocenters. The van der Waals surface area contributed by atoms with Crippen LogP contribution in [0.2, 0.25) is 0 Å². The Morgan fingerprint density at radius 1 is 1.25 bits per heavy atom. The SMILES string of the molecule is C=CC1=C(C=C)N(C(=O)CCC=O)Cc2ccccc2C(CC)=C1. The van der Waals surface area contributed by atoms with Gasteiger partial charge >= 0.3 is 0 Å². The lowest BCUT2D eigenvalue weighted by Gasteiger charge is -2.29. The van der Waals surface area contributed by atoms with Crippen molar-refractivity contribution in [3.05, 3.63) is 78.0 Å². The average molecular weight is 321 g/mol. The summed E-state index contributed by atoms with van der Waals surface area (Å²) in [5, 5.41) is 0. The number of nitrogens with zero attached hydrogens (tertiary/aromatic N) is 1. The summed E-state index contributed by atoms with van der Waals surface area (Å²) in [6.45, 7) is 10.3. The highest BCUT2D eigenvalue weighted by Crippen LogP contribution is 2.31. The number of aldehydes is 1. The van der Waals surface area contributed by atoms with Crippen LogP contribution in [-0.4, -0.2) is 17.1 Å². The number of carbonyl (C=O) groups is 2. The van der Waals surface area contributed by atoms with Crippen LogP contribution in [0.3, 0.4) is 0 Å². The topological polar surface area (TPSA) is 37.4 Å². The molecule has 3 heteroatoms. The molecule has 1 aliphatic heterocycles. The molecule has 0 saturated heterocycles. The highest BCUT2D eigenvalue weighted by Gasteiger charge is 2.22. The Morgan fingerprint density at radius 2 is 2.00 bits per heavy atom. The highest BCUT2D eigenvalue weighted by molar-refractivity contribution is 5.82. The van der Waals surface area contributed by atoms with Crippen LogP contribution < -0.4 is 0 Å². The molecule has 1 aromatic carbocycles. The Kier molecular flexibility index (Phi) is 6.07. The fraction of sp³-hybridized carbons (Fsp3) is 0.238. The van der Waals surface area contributed by atoms with Crippen LogP contribution >= 0.6 is 0 Å². The summed E-state index contributed by atoms with van der Waals surface area (Å²) in [5.41, 5.74) is 5.06. The zero-order valence-corrected chi connectivity index (χ0v) is 14.1. The molecule has 124 valence electrons. The molecular weight excluding hydrogens is 298 g/mol. The number of amides is 1. The second-order valence-corrected chi connectivity index (χ2v) is 5.61. The van der Waals surface area contributed by atoms with Gasteiger partial charge in [0.1, 0.15) is 6.29 Å². The molecule has 0 bridgehead atoms. The van der Waals surface area contributed by atoms with Gasteiger partial charge in [-0.2, -0.15) is 0 Å². The summed E-state index contributed by atoms with van der Waals surface area (Å²) in [4.78, 5) is 25.0. The molecule has 0 fully saturated rings. The van der Waals surface area contributed by atoms with E-state index in [1.54, 1.807) is 17.1 Å². The van der Waals surface area contributed by atoms with Crippen LogP contribution in [-0.2, 0) is 16.1 Å². The fourth-order valence-corrected chi connectivity index (χ4v) is 2.95. The van der Waals surface area contributed by atoms with E-state index < -0.39 is 0 Å². The van der Waals surface area contributed by atoms with Gasteiger partial charge in [-0.25, -0.2) is 0 Å². The number of rotatable bonds is 6. The van der Waals surface area contributed by atoms with E-state index in [1.807, 2.05) is 18.2 Å². The normalized spacial score (nSPS) is 14.2. The van der Waals surface area contributed by atoms with Gasteiger partial charge in [-0.3, -0.25) is 4.79 Å². The first-order valence-electron chi connectivity index (χ1n) is 8.18. The van der Waals surface area contributed by atoms with E-state index in [2.05, 4.69) is 32.2 Å². The molecule has 0 saturated carbocycles. The van der Waals surface area contributed by atoms with Gasteiger partial charge in [0.05, 0.1) is 12.2 Å². The third-order valence-corrected chi connectivity index (χ3v) is 4.18. The Labute approximate surface area is 143 Å². The Bertz CT molecular complexity index is 725. The van der Waals surface area contributed by atoms with Gasteiger partial charge in [0.15, 0.2) is 0 Å². The molecule has 0 spiro atoms. The van der Waals surface area contributed by atoms with Crippen molar-refractivity contribution in [3.63, 3.8) is 0 Å². The molecule has 1 aliphatic rings. The molecule has 0 N–H and O–H groups in total. The van der Waals surface area contributed by atoms with Gasteiger partial charge < -0.3 is 9.69 Å². The van der Waals surface area contributed by atoms with E-state index >= 15 is 0 Å². The number of fused-ring (bicyclic) bond motifs is 1. The van der Waals surface area contributed by atoms with Gasteiger partial charge in [-0.1, -0.05) is 50.4 Å².